The predicted molar refractivity (Wildman–Crippen MR) is 152 cm³/mol. The van der Waals surface area contributed by atoms with Crippen LogP contribution in [0.3, 0.4) is 0 Å². The number of benzene rings is 1. The van der Waals surface area contributed by atoms with Gasteiger partial charge in [-0.05, 0) is 63.5 Å². The fourth-order valence-electron chi connectivity index (χ4n) is 6.96. The van der Waals surface area contributed by atoms with Gasteiger partial charge in [0.1, 0.15) is 11.6 Å². The third kappa shape index (κ3) is 5.21. The first-order chi connectivity index (χ1) is 18.5. The largest absolute Gasteiger partial charge is 0.359 e. The molecule has 1 spiro atoms. The second-order valence-corrected chi connectivity index (χ2v) is 12.8. The number of fused-ring (bicyclic) bond motifs is 1. The molecule has 0 aromatic heterocycles. The van der Waals surface area contributed by atoms with Gasteiger partial charge in [0.05, 0.1) is 17.9 Å². The molecular formula is C29H38Cl2N4O4. The van der Waals surface area contributed by atoms with E-state index in [4.69, 9.17) is 27.9 Å². The van der Waals surface area contributed by atoms with Crippen LogP contribution in [0, 0.1) is 23.7 Å². The lowest BCUT2D eigenvalue weighted by atomic mass is 9.73. The van der Waals surface area contributed by atoms with Crippen molar-refractivity contribution in [1.29, 1.82) is 0 Å². The molecule has 1 aromatic rings. The highest BCUT2D eigenvalue weighted by molar-refractivity contribution is 6.35. The molecule has 39 heavy (non-hydrogen) atoms. The van der Waals surface area contributed by atoms with Crippen LogP contribution in [-0.2, 0) is 19.1 Å². The van der Waals surface area contributed by atoms with Crippen LogP contribution in [0.25, 0.3) is 0 Å². The molecule has 3 aliphatic heterocycles. The molecule has 0 unspecified atom stereocenters. The van der Waals surface area contributed by atoms with Crippen molar-refractivity contribution >= 4 is 46.6 Å². The second-order valence-electron chi connectivity index (χ2n) is 11.9. The number of amides is 3. The lowest BCUT2D eigenvalue weighted by Gasteiger charge is -2.38. The number of hydrogen-bond acceptors (Lipinski definition) is 5. The van der Waals surface area contributed by atoms with E-state index >= 15 is 0 Å². The Balaban J connectivity index is 1.43. The molecular weight excluding hydrogens is 539 g/mol. The molecule has 10 heteroatoms. The maximum Gasteiger partial charge on any atom is 0.246 e. The summed E-state index contributed by atoms with van der Waals surface area (Å²) in [5, 5.41) is 6.95. The van der Waals surface area contributed by atoms with Crippen molar-refractivity contribution in [2.45, 2.75) is 63.3 Å². The van der Waals surface area contributed by atoms with Crippen LogP contribution < -0.4 is 10.6 Å². The summed E-state index contributed by atoms with van der Waals surface area (Å²) in [6, 6.07) is 4.02. The number of carbonyl (C=O) groups excluding carboxylic acids is 3. The lowest BCUT2D eigenvalue weighted by molar-refractivity contribution is -0.141. The maximum atomic E-state index is 14.0. The summed E-state index contributed by atoms with van der Waals surface area (Å²) in [7, 11) is 3.95. The van der Waals surface area contributed by atoms with Gasteiger partial charge in [-0.2, -0.15) is 0 Å². The van der Waals surface area contributed by atoms with Gasteiger partial charge in [-0.15, -0.1) is 0 Å². The van der Waals surface area contributed by atoms with Crippen LogP contribution in [0.1, 0.15) is 39.5 Å². The quantitative estimate of drug-likeness (QED) is 0.457. The Bertz CT molecular complexity index is 1160. The summed E-state index contributed by atoms with van der Waals surface area (Å²) in [6.07, 6.45) is 6.92. The second kappa shape index (κ2) is 11.0. The molecule has 1 aliphatic carbocycles. The third-order valence-corrected chi connectivity index (χ3v) is 9.53. The molecule has 1 aromatic carbocycles. The number of hydrogen-bond donors (Lipinski definition) is 2. The van der Waals surface area contributed by atoms with Crippen molar-refractivity contribution in [3.8, 4) is 0 Å². The Morgan fingerprint density at radius 1 is 1.13 bits per heavy atom. The highest BCUT2D eigenvalue weighted by Crippen LogP contribution is 2.55. The zero-order chi connectivity index (χ0) is 28.1. The summed E-state index contributed by atoms with van der Waals surface area (Å²) in [4.78, 5) is 45.4. The van der Waals surface area contributed by atoms with Crippen LogP contribution in [0.2, 0.25) is 10.0 Å². The highest BCUT2D eigenvalue weighted by atomic mass is 35.5. The standard InChI is InChI=1S/C29H38Cl2N4O4/c1-16-7-5-8-21(17(16)2)33-27(37)25-29-10-9-22(39-29)23(24(29)28(38)35(25)12-6-11-34(3)4)26(36)32-20-14-18(30)13-19(31)15-20/h9-10,13-17,21-25H,5-8,11-12H2,1-4H3,(H,32,36)(H,33,37)/t16-,17+,21+,22-,23+,24-,25+,29+/m1/s1. The number of halogens is 2. The van der Waals surface area contributed by atoms with E-state index in [0.717, 1.165) is 25.8 Å². The monoisotopic (exact) mass is 576 g/mol. The van der Waals surface area contributed by atoms with Gasteiger partial charge in [0.25, 0.3) is 0 Å². The molecule has 4 aliphatic rings. The summed E-state index contributed by atoms with van der Waals surface area (Å²) < 4.78 is 6.44. The third-order valence-electron chi connectivity index (χ3n) is 9.09. The first kappa shape index (κ1) is 28.4. The molecule has 0 radical (unpaired) electrons. The van der Waals surface area contributed by atoms with E-state index in [1.165, 1.54) is 0 Å². The number of ether oxygens (including phenoxy) is 1. The minimum atomic E-state index is -1.18. The van der Waals surface area contributed by atoms with E-state index in [1.807, 2.05) is 31.1 Å². The van der Waals surface area contributed by atoms with E-state index in [-0.39, 0.29) is 23.8 Å². The molecule has 1 saturated carbocycles. The number of likely N-dealkylation sites (tertiary alicyclic amines) is 1. The molecule has 3 heterocycles. The van der Waals surface area contributed by atoms with Gasteiger partial charge in [-0.25, -0.2) is 0 Å². The van der Waals surface area contributed by atoms with E-state index in [2.05, 4.69) is 24.5 Å². The van der Waals surface area contributed by atoms with Gasteiger partial charge >= 0.3 is 0 Å². The molecule has 3 amide bonds. The van der Waals surface area contributed by atoms with Crippen molar-refractivity contribution in [3.05, 3.63) is 40.4 Å². The van der Waals surface area contributed by atoms with Crippen LogP contribution >= 0.6 is 23.2 Å². The summed E-state index contributed by atoms with van der Waals surface area (Å²) in [5.74, 6) is -1.47. The van der Waals surface area contributed by atoms with Crippen molar-refractivity contribution in [2.75, 3.05) is 32.5 Å². The fraction of sp³-hybridized carbons (Fsp3) is 0.621. The Labute approximate surface area is 240 Å². The van der Waals surface area contributed by atoms with Crippen LogP contribution in [0.5, 0.6) is 0 Å². The molecule has 212 valence electrons. The number of anilines is 1. The number of nitrogens with zero attached hydrogens (tertiary/aromatic N) is 2. The van der Waals surface area contributed by atoms with Gasteiger partial charge in [0.2, 0.25) is 17.7 Å². The van der Waals surface area contributed by atoms with Gasteiger partial charge in [0.15, 0.2) is 0 Å². The van der Waals surface area contributed by atoms with Gasteiger partial charge < -0.3 is 25.2 Å². The van der Waals surface area contributed by atoms with Crippen molar-refractivity contribution in [1.82, 2.24) is 15.1 Å². The minimum absolute atomic E-state index is 0.0460. The van der Waals surface area contributed by atoms with Crippen LogP contribution in [0.4, 0.5) is 5.69 Å². The zero-order valence-electron chi connectivity index (χ0n) is 23.0. The van der Waals surface area contributed by atoms with Crippen LogP contribution in [-0.4, -0.2) is 78.5 Å². The normalized spacial score (nSPS) is 35.0. The van der Waals surface area contributed by atoms with Crippen molar-refractivity contribution < 1.29 is 19.1 Å². The average molecular weight is 578 g/mol. The van der Waals surface area contributed by atoms with Crippen molar-refractivity contribution in [2.24, 2.45) is 23.7 Å². The molecule has 3 fully saturated rings. The van der Waals surface area contributed by atoms with E-state index in [0.29, 0.717) is 40.5 Å². The minimum Gasteiger partial charge on any atom is -0.359 e. The molecule has 5 rings (SSSR count). The Kier molecular flexibility index (Phi) is 8.04. The zero-order valence-corrected chi connectivity index (χ0v) is 24.5. The number of carbonyl (C=O) groups is 3. The van der Waals surface area contributed by atoms with E-state index < -0.39 is 29.6 Å². The van der Waals surface area contributed by atoms with Crippen LogP contribution in [0.15, 0.2) is 30.4 Å². The Hall–Kier alpha value is -2.13. The first-order valence-corrected chi connectivity index (χ1v) is 14.7. The average Bonchev–Trinajstić information content (AvgIpc) is 3.49. The van der Waals surface area contributed by atoms with Gasteiger partial charge in [-0.1, -0.05) is 62.0 Å². The Morgan fingerprint density at radius 2 is 1.85 bits per heavy atom. The van der Waals surface area contributed by atoms with E-state index in [1.54, 1.807) is 23.1 Å². The first-order valence-electron chi connectivity index (χ1n) is 13.9. The highest BCUT2D eigenvalue weighted by Gasteiger charge is 2.72. The number of rotatable bonds is 8. The lowest BCUT2D eigenvalue weighted by Crippen LogP contribution is -2.58. The van der Waals surface area contributed by atoms with Gasteiger partial charge in [0, 0.05) is 28.3 Å². The maximum absolute atomic E-state index is 14.0. The molecule has 2 N–H and O–H groups in total. The van der Waals surface area contributed by atoms with Gasteiger partial charge in [-0.3, -0.25) is 14.4 Å². The SMILES string of the molecule is C[C@H]1[C@H](C)CCC[C@@H]1NC(=O)[C@@H]1N(CCCN(C)C)C(=O)[C@H]2[C@@H](C(=O)Nc3cc(Cl)cc(Cl)c3)[C@H]3C=C[C@@]12O3. The summed E-state index contributed by atoms with van der Waals surface area (Å²) in [5.41, 5.74) is -0.733. The number of nitrogens with one attached hydrogen (secondary N) is 2. The Morgan fingerprint density at radius 3 is 2.54 bits per heavy atom. The molecule has 8 nitrogen and oxygen atoms in total. The molecule has 2 saturated heterocycles. The predicted octanol–water partition coefficient (Wildman–Crippen LogP) is 3.98. The summed E-state index contributed by atoms with van der Waals surface area (Å²) >= 11 is 12.3. The molecule has 8 atom stereocenters. The van der Waals surface area contributed by atoms with Crippen molar-refractivity contribution in [3.63, 3.8) is 0 Å². The smallest absolute Gasteiger partial charge is 0.246 e. The van der Waals surface area contributed by atoms with E-state index in [9.17, 15) is 14.4 Å². The summed E-state index contributed by atoms with van der Waals surface area (Å²) in [6.45, 7) is 5.59. The molecule has 2 bridgehead atoms. The fourth-order valence-corrected chi connectivity index (χ4v) is 7.49. The topological polar surface area (TPSA) is 91.0 Å².